The molecule has 56 heavy (non-hydrogen) atoms. The zero-order valence-corrected chi connectivity index (χ0v) is 35.8. The van der Waals surface area contributed by atoms with Gasteiger partial charge in [-0.05, 0) is 125 Å². The summed E-state index contributed by atoms with van der Waals surface area (Å²) in [5, 5.41) is 1.38. The highest BCUT2D eigenvalue weighted by molar-refractivity contribution is 14.1. The second-order valence-corrected chi connectivity index (χ2v) is 17.4. The largest absolute Gasteiger partial charge is 0.507 e. The van der Waals surface area contributed by atoms with Crippen molar-refractivity contribution in [1.29, 1.82) is 0 Å². The summed E-state index contributed by atoms with van der Waals surface area (Å²) in [6.45, 7) is 15.8. The van der Waals surface area contributed by atoms with Crippen molar-refractivity contribution in [2.75, 3.05) is 0 Å². The van der Waals surface area contributed by atoms with E-state index in [4.69, 9.17) is 9.31 Å². The average Bonchev–Trinajstić information content (AvgIpc) is 3.77. The molecular formula is C42H40BF6IN2O2S2. The predicted molar refractivity (Wildman–Crippen MR) is 224 cm³/mol. The molecule has 0 N–H and O–H groups in total. The molecule has 1 saturated heterocycles. The number of thiazole rings is 2. The highest BCUT2D eigenvalue weighted by Crippen LogP contribution is 2.39. The summed E-state index contributed by atoms with van der Waals surface area (Å²) < 4.78 is 90.3. The summed E-state index contributed by atoms with van der Waals surface area (Å²) in [6, 6.07) is 26.5. The quantitative estimate of drug-likeness (QED) is 0.100. The van der Waals surface area contributed by atoms with E-state index < -0.39 is 41.8 Å². The van der Waals surface area contributed by atoms with E-state index in [9.17, 15) is 26.3 Å². The van der Waals surface area contributed by atoms with Gasteiger partial charge >= 0.3 is 19.5 Å². The van der Waals surface area contributed by atoms with Crippen LogP contribution in [0.5, 0.6) is 0 Å². The highest BCUT2D eigenvalue weighted by atomic mass is 127. The first-order valence-electron chi connectivity index (χ1n) is 17.5. The Kier molecular flexibility index (Phi) is 13.3. The standard InChI is InChI=1S/C18H14F3NS.C17H19BF3NO2S.C7H7I/c1-11-5-3-4-6-15(11)16-12(2)22-17(23-16)13-7-9-14(10-8-13)18(19,20)21;1-10-13(18-23-15(2,3)16(4,5)24-18)25-14(22-10)11-6-8-12(9-7-11)17(19,20)21;1-6-4-2-3-5-7(6)8/h3-10H,1-2H3;6-9H,1-5H3;2-5H,1H3. The van der Waals surface area contributed by atoms with E-state index in [0.29, 0.717) is 16.1 Å². The molecule has 0 bridgehead atoms. The fraction of sp³-hybridized carbons (Fsp3) is 0.286. The molecule has 0 saturated carbocycles. The van der Waals surface area contributed by atoms with Crippen molar-refractivity contribution in [1.82, 2.24) is 9.97 Å². The number of halogens is 7. The van der Waals surface area contributed by atoms with E-state index >= 15 is 0 Å². The third-order valence-electron chi connectivity index (χ3n) is 9.48. The predicted octanol–water partition coefficient (Wildman–Crippen LogP) is 13.1. The van der Waals surface area contributed by atoms with Crippen LogP contribution in [0, 0.1) is 31.3 Å². The number of alkyl halides is 6. The molecule has 0 aliphatic carbocycles. The van der Waals surface area contributed by atoms with Gasteiger partial charge in [-0.2, -0.15) is 26.3 Å². The monoisotopic (exact) mass is 920 g/mol. The van der Waals surface area contributed by atoms with Gasteiger partial charge in [0.05, 0.1) is 37.7 Å². The van der Waals surface area contributed by atoms with Gasteiger partial charge in [-0.25, -0.2) is 9.97 Å². The first-order chi connectivity index (χ1) is 26.1. The topological polar surface area (TPSA) is 44.2 Å². The summed E-state index contributed by atoms with van der Waals surface area (Å²) in [5.41, 5.74) is 4.38. The second-order valence-electron chi connectivity index (χ2n) is 14.2. The van der Waals surface area contributed by atoms with Crippen molar-refractivity contribution in [3.8, 4) is 31.6 Å². The SMILES string of the molecule is Cc1ccccc1-c1sc(-c2ccc(C(F)(F)F)cc2)nc1C.Cc1ccccc1I.Cc1nc(-c2ccc(C(F)(F)F)cc2)sc1B1OC(C)(C)C(C)(C)O1. The van der Waals surface area contributed by atoms with Crippen LogP contribution in [0.15, 0.2) is 97.1 Å². The van der Waals surface area contributed by atoms with Crippen molar-refractivity contribution in [2.45, 2.75) is 78.9 Å². The van der Waals surface area contributed by atoms with Crippen LogP contribution < -0.4 is 4.78 Å². The number of aryl methyl sites for hydroxylation is 4. The van der Waals surface area contributed by atoms with Gasteiger partial charge in [0.25, 0.3) is 0 Å². The lowest BCUT2D eigenvalue weighted by Crippen LogP contribution is -2.41. The first-order valence-corrected chi connectivity index (χ1v) is 20.2. The lowest BCUT2D eigenvalue weighted by atomic mass is 9.86. The molecule has 0 radical (unpaired) electrons. The number of hydrogen-bond donors (Lipinski definition) is 0. The number of rotatable bonds is 4. The van der Waals surface area contributed by atoms with E-state index in [1.165, 1.54) is 56.1 Å². The lowest BCUT2D eigenvalue weighted by Gasteiger charge is -2.32. The highest BCUT2D eigenvalue weighted by Gasteiger charge is 2.53. The van der Waals surface area contributed by atoms with Gasteiger partial charge in [-0.1, -0.05) is 66.7 Å². The number of hydrogen-bond acceptors (Lipinski definition) is 6. The Labute approximate surface area is 345 Å². The van der Waals surface area contributed by atoms with Crippen molar-refractivity contribution >= 4 is 57.2 Å². The number of aromatic nitrogens is 2. The molecule has 14 heteroatoms. The van der Waals surface area contributed by atoms with Crippen LogP contribution in [0.1, 0.15) is 61.3 Å². The molecule has 1 aliphatic rings. The van der Waals surface area contributed by atoms with Crippen LogP contribution in [-0.2, 0) is 21.7 Å². The molecule has 0 spiro atoms. The summed E-state index contributed by atoms with van der Waals surface area (Å²) in [4.78, 5) is 10.1. The Morgan fingerprint density at radius 2 is 1.00 bits per heavy atom. The van der Waals surface area contributed by atoms with Crippen LogP contribution in [0.2, 0.25) is 0 Å². The maximum atomic E-state index is 12.7. The molecule has 7 rings (SSSR count). The van der Waals surface area contributed by atoms with E-state index in [0.717, 1.165) is 61.4 Å². The average molecular weight is 921 g/mol. The Morgan fingerprint density at radius 3 is 1.43 bits per heavy atom. The molecule has 1 aliphatic heterocycles. The third-order valence-corrected chi connectivity index (χ3v) is 13.2. The minimum atomic E-state index is -4.34. The van der Waals surface area contributed by atoms with E-state index in [1.54, 1.807) is 0 Å². The first kappa shape index (κ1) is 43.6. The summed E-state index contributed by atoms with van der Waals surface area (Å²) in [5.74, 6) is 0. The summed E-state index contributed by atoms with van der Waals surface area (Å²) >= 11 is 5.21. The molecule has 2 aromatic heterocycles. The fourth-order valence-corrected chi connectivity index (χ4v) is 8.03. The molecule has 294 valence electrons. The Morgan fingerprint density at radius 1 is 0.571 bits per heavy atom. The number of nitrogens with zero attached hydrogens (tertiary/aromatic N) is 2. The van der Waals surface area contributed by atoms with Crippen molar-refractivity contribution in [2.24, 2.45) is 0 Å². The minimum absolute atomic E-state index is 0.456. The maximum Gasteiger partial charge on any atom is 0.507 e. The van der Waals surface area contributed by atoms with E-state index in [-0.39, 0.29) is 0 Å². The molecular weight excluding hydrogens is 880 g/mol. The van der Waals surface area contributed by atoms with Crippen molar-refractivity contribution in [3.05, 3.63) is 134 Å². The van der Waals surface area contributed by atoms with Crippen LogP contribution in [0.3, 0.4) is 0 Å². The van der Waals surface area contributed by atoms with Gasteiger partial charge in [-0.3, -0.25) is 0 Å². The van der Waals surface area contributed by atoms with Crippen LogP contribution in [-0.4, -0.2) is 28.3 Å². The normalized spacial score (nSPS) is 14.8. The smallest absolute Gasteiger partial charge is 0.399 e. The number of benzene rings is 4. The molecule has 1 fully saturated rings. The third kappa shape index (κ3) is 10.3. The van der Waals surface area contributed by atoms with Gasteiger partial charge < -0.3 is 9.31 Å². The maximum absolute atomic E-state index is 12.7. The summed E-state index contributed by atoms with van der Waals surface area (Å²) in [7, 11) is -0.523. The van der Waals surface area contributed by atoms with E-state index in [2.05, 4.69) is 63.7 Å². The molecule has 6 aromatic rings. The Bertz CT molecular complexity index is 2230. The van der Waals surface area contributed by atoms with Crippen LogP contribution in [0.4, 0.5) is 26.3 Å². The molecule has 4 aromatic carbocycles. The lowest BCUT2D eigenvalue weighted by molar-refractivity contribution is -0.138. The molecule has 0 atom stereocenters. The van der Waals surface area contributed by atoms with Gasteiger partial charge in [0.15, 0.2) is 0 Å². The molecule has 3 heterocycles. The zero-order chi connectivity index (χ0) is 41.2. The van der Waals surface area contributed by atoms with E-state index in [1.807, 2.05) is 72.7 Å². The minimum Gasteiger partial charge on any atom is -0.399 e. The molecule has 4 nitrogen and oxygen atoms in total. The van der Waals surface area contributed by atoms with Gasteiger partial charge in [0.1, 0.15) is 10.0 Å². The van der Waals surface area contributed by atoms with Gasteiger partial charge in [-0.15, -0.1) is 22.7 Å². The van der Waals surface area contributed by atoms with Crippen LogP contribution >= 0.6 is 45.3 Å². The Hall–Kier alpha value is -3.57. The fourth-order valence-electron chi connectivity index (χ4n) is 5.45. The van der Waals surface area contributed by atoms with Gasteiger partial charge in [0, 0.05) is 20.4 Å². The van der Waals surface area contributed by atoms with Crippen molar-refractivity contribution < 1.29 is 35.7 Å². The second kappa shape index (κ2) is 17.1. The van der Waals surface area contributed by atoms with Crippen molar-refractivity contribution in [3.63, 3.8) is 0 Å². The molecule has 0 unspecified atom stereocenters. The molecule has 0 amide bonds. The zero-order valence-electron chi connectivity index (χ0n) is 32.0. The van der Waals surface area contributed by atoms with Gasteiger partial charge in [0.2, 0.25) is 0 Å². The Balaban J connectivity index is 0.000000180. The van der Waals surface area contributed by atoms with Crippen LogP contribution in [0.25, 0.3) is 31.6 Å². The summed E-state index contributed by atoms with van der Waals surface area (Å²) in [6.07, 6.45) is -8.66.